The highest BCUT2D eigenvalue weighted by Gasteiger charge is 2.40. The van der Waals surface area contributed by atoms with Crippen LogP contribution in [0.25, 0.3) is 0 Å². The van der Waals surface area contributed by atoms with Crippen LogP contribution in [0.5, 0.6) is 11.5 Å². The second-order valence-electron chi connectivity index (χ2n) is 6.67. The van der Waals surface area contributed by atoms with E-state index in [4.69, 9.17) is 9.47 Å². The van der Waals surface area contributed by atoms with Crippen LogP contribution in [0.1, 0.15) is 17.0 Å². The number of hydrogen-bond acceptors (Lipinski definition) is 5. The molecule has 1 aliphatic heterocycles. The fraction of sp³-hybridized carbons (Fsp3) is 0.474. The molecule has 2 aromatic rings. The molecule has 26 heavy (non-hydrogen) atoms. The summed E-state index contributed by atoms with van der Waals surface area (Å²) in [5, 5.41) is 13.9. The molecule has 0 bridgehead atoms. The van der Waals surface area contributed by atoms with Gasteiger partial charge < -0.3 is 19.5 Å². The van der Waals surface area contributed by atoms with Crippen LogP contribution in [0.3, 0.4) is 0 Å². The number of aromatic nitrogens is 2. The van der Waals surface area contributed by atoms with E-state index in [1.54, 1.807) is 18.9 Å². The van der Waals surface area contributed by atoms with Gasteiger partial charge in [-0.25, -0.2) is 0 Å². The Hall–Kier alpha value is -2.54. The lowest BCUT2D eigenvalue weighted by molar-refractivity contribution is -0.141. The Morgan fingerprint density at radius 1 is 1.31 bits per heavy atom. The maximum absolute atomic E-state index is 11.9. The number of carboxylic acid groups (broad SMARTS) is 1. The first-order chi connectivity index (χ1) is 12.5. The van der Waals surface area contributed by atoms with Crippen molar-refractivity contribution in [1.29, 1.82) is 0 Å². The normalized spacial score (nSPS) is 20.3. The van der Waals surface area contributed by atoms with E-state index < -0.39 is 11.9 Å². The van der Waals surface area contributed by atoms with E-state index in [1.165, 1.54) is 0 Å². The Balaban J connectivity index is 1.79. The molecule has 1 aromatic carbocycles. The first-order valence-corrected chi connectivity index (χ1v) is 8.67. The lowest BCUT2D eigenvalue weighted by Crippen LogP contribution is -2.25. The zero-order valence-corrected chi connectivity index (χ0v) is 15.4. The van der Waals surface area contributed by atoms with Crippen molar-refractivity contribution in [2.24, 2.45) is 13.0 Å². The number of rotatable bonds is 7. The Morgan fingerprint density at radius 3 is 2.73 bits per heavy atom. The first-order valence-electron chi connectivity index (χ1n) is 8.67. The predicted molar refractivity (Wildman–Crippen MR) is 96.8 cm³/mol. The Labute approximate surface area is 153 Å². The summed E-state index contributed by atoms with van der Waals surface area (Å²) in [6.45, 7) is 2.01. The molecule has 0 aliphatic carbocycles. The summed E-state index contributed by atoms with van der Waals surface area (Å²) in [5.74, 6) is -0.122. The second kappa shape index (κ2) is 7.78. The number of aliphatic carboxylic acids is 1. The number of para-hydroxylation sites is 1. The molecule has 7 heteroatoms. The van der Waals surface area contributed by atoms with Gasteiger partial charge in [-0.15, -0.1) is 0 Å². The van der Waals surface area contributed by atoms with Gasteiger partial charge in [0.15, 0.2) is 11.5 Å². The molecule has 1 fully saturated rings. The zero-order chi connectivity index (χ0) is 18.7. The molecule has 2 heterocycles. The summed E-state index contributed by atoms with van der Waals surface area (Å²) < 4.78 is 12.7. The number of carboxylic acids is 1. The maximum atomic E-state index is 11.9. The van der Waals surface area contributed by atoms with Crippen molar-refractivity contribution in [2.75, 3.05) is 33.9 Å². The highest BCUT2D eigenvalue weighted by Crippen LogP contribution is 2.41. The monoisotopic (exact) mass is 359 g/mol. The molecule has 0 radical (unpaired) electrons. The highest BCUT2D eigenvalue weighted by atomic mass is 16.5. The molecular weight excluding hydrogens is 334 g/mol. The van der Waals surface area contributed by atoms with E-state index in [0.29, 0.717) is 24.6 Å². The average molecular weight is 359 g/mol. The van der Waals surface area contributed by atoms with Crippen molar-refractivity contribution in [2.45, 2.75) is 12.3 Å². The SMILES string of the molecule is COc1cccc(C2CN(CCc3cnn(C)c3)CC2C(=O)O)c1OC. The van der Waals surface area contributed by atoms with E-state index in [2.05, 4.69) is 10.00 Å². The van der Waals surface area contributed by atoms with E-state index >= 15 is 0 Å². The van der Waals surface area contributed by atoms with Crippen molar-refractivity contribution in [1.82, 2.24) is 14.7 Å². The Kier molecular flexibility index (Phi) is 5.46. The van der Waals surface area contributed by atoms with E-state index in [-0.39, 0.29) is 5.92 Å². The van der Waals surface area contributed by atoms with Gasteiger partial charge in [0.25, 0.3) is 0 Å². The van der Waals surface area contributed by atoms with E-state index in [0.717, 1.165) is 24.1 Å². The van der Waals surface area contributed by atoms with Crippen LogP contribution in [-0.2, 0) is 18.3 Å². The van der Waals surface area contributed by atoms with Gasteiger partial charge >= 0.3 is 5.97 Å². The van der Waals surface area contributed by atoms with Crippen molar-refractivity contribution in [3.05, 3.63) is 41.7 Å². The minimum atomic E-state index is -0.774. The van der Waals surface area contributed by atoms with Crippen molar-refractivity contribution in [3.63, 3.8) is 0 Å². The summed E-state index contributed by atoms with van der Waals surface area (Å²) in [7, 11) is 5.07. The molecule has 0 spiro atoms. The van der Waals surface area contributed by atoms with Crippen LogP contribution in [-0.4, -0.2) is 59.6 Å². The third-order valence-corrected chi connectivity index (χ3v) is 5.02. The molecular formula is C19H25N3O4. The fourth-order valence-electron chi connectivity index (χ4n) is 3.73. The molecule has 0 saturated carbocycles. The maximum Gasteiger partial charge on any atom is 0.308 e. The van der Waals surface area contributed by atoms with Gasteiger partial charge in [0.1, 0.15) is 0 Å². The van der Waals surface area contributed by atoms with Crippen LogP contribution in [0.15, 0.2) is 30.6 Å². The van der Waals surface area contributed by atoms with Gasteiger partial charge in [-0.1, -0.05) is 12.1 Å². The molecule has 1 N–H and O–H groups in total. The lowest BCUT2D eigenvalue weighted by atomic mass is 9.88. The quantitative estimate of drug-likeness (QED) is 0.812. The van der Waals surface area contributed by atoms with Crippen LogP contribution in [0.2, 0.25) is 0 Å². The molecule has 7 nitrogen and oxygen atoms in total. The van der Waals surface area contributed by atoms with Gasteiger partial charge in [-0.3, -0.25) is 9.48 Å². The predicted octanol–water partition coefficient (Wildman–Crippen LogP) is 1.78. The van der Waals surface area contributed by atoms with Gasteiger partial charge in [0.05, 0.1) is 26.3 Å². The van der Waals surface area contributed by atoms with Gasteiger partial charge in [-0.2, -0.15) is 5.10 Å². The smallest absolute Gasteiger partial charge is 0.308 e. The summed E-state index contributed by atoms with van der Waals surface area (Å²) >= 11 is 0. The van der Waals surface area contributed by atoms with Crippen molar-refractivity contribution < 1.29 is 19.4 Å². The Bertz CT molecular complexity index is 774. The molecule has 1 saturated heterocycles. The number of benzene rings is 1. The molecule has 1 aromatic heterocycles. The van der Waals surface area contributed by atoms with E-state index in [1.807, 2.05) is 37.6 Å². The minimum Gasteiger partial charge on any atom is -0.493 e. The standard InChI is InChI=1S/C19H25N3O4/c1-21-10-13(9-20-21)7-8-22-11-15(16(12-22)19(23)24)14-5-4-6-17(25-2)18(14)26-3/h4-6,9-10,15-16H,7-8,11-12H2,1-3H3,(H,23,24). The van der Waals surface area contributed by atoms with Crippen LogP contribution < -0.4 is 9.47 Å². The first kappa shape index (κ1) is 18.3. The number of ether oxygens (including phenoxy) is 2. The zero-order valence-electron chi connectivity index (χ0n) is 15.4. The molecule has 140 valence electrons. The second-order valence-corrected chi connectivity index (χ2v) is 6.67. The molecule has 2 atom stereocenters. The summed E-state index contributed by atoms with van der Waals surface area (Å²) in [5.41, 5.74) is 2.05. The molecule has 2 unspecified atom stereocenters. The van der Waals surface area contributed by atoms with Gasteiger partial charge in [0.2, 0.25) is 0 Å². The topological polar surface area (TPSA) is 76.8 Å². The number of likely N-dealkylation sites (tertiary alicyclic amines) is 1. The Morgan fingerprint density at radius 2 is 2.12 bits per heavy atom. The third kappa shape index (κ3) is 3.67. The third-order valence-electron chi connectivity index (χ3n) is 5.02. The number of carbonyl (C=O) groups is 1. The number of methoxy groups -OCH3 is 2. The van der Waals surface area contributed by atoms with Crippen LogP contribution in [0.4, 0.5) is 0 Å². The molecule has 3 rings (SSSR count). The minimum absolute atomic E-state index is 0.133. The molecule has 0 amide bonds. The van der Waals surface area contributed by atoms with Crippen molar-refractivity contribution in [3.8, 4) is 11.5 Å². The van der Waals surface area contributed by atoms with Gasteiger partial charge in [0, 0.05) is 44.4 Å². The van der Waals surface area contributed by atoms with Crippen LogP contribution in [0, 0.1) is 5.92 Å². The van der Waals surface area contributed by atoms with Crippen LogP contribution >= 0.6 is 0 Å². The summed E-state index contributed by atoms with van der Waals surface area (Å²) in [4.78, 5) is 14.1. The number of hydrogen-bond donors (Lipinski definition) is 1. The fourth-order valence-corrected chi connectivity index (χ4v) is 3.73. The van der Waals surface area contributed by atoms with Crippen molar-refractivity contribution >= 4 is 5.97 Å². The molecule has 1 aliphatic rings. The number of nitrogens with zero attached hydrogens (tertiary/aromatic N) is 3. The number of aryl methyl sites for hydroxylation is 1. The summed E-state index contributed by atoms with van der Waals surface area (Å²) in [6.07, 6.45) is 4.70. The summed E-state index contributed by atoms with van der Waals surface area (Å²) in [6, 6.07) is 5.65. The highest BCUT2D eigenvalue weighted by molar-refractivity contribution is 5.73. The van der Waals surface area contributed by atoms with Gasteiger partial charge in [-0.05, 0) is 18.1 Å². The largest absolute Gasteiger partial charge is 0.493 e. The average Bonchev–Trinajstić information content (AvgIpc) is 3.25. The lowest BCUT2D eigenvalue weighted by Gasteiger charge is -2.20. The van der Waals surface area contributed by atoms with E-state index in [9.17, 15) is 9.90 Å².